The van der Waals surface area contributed by atoms with Gasteiger partial charge >= 0.3 is 0 Å². The summed E-state index contributed by atoms with van der Waals surface area (Å²) in [5.74, 6) is -1.07. The second-order valence-corrected chi connectivity index (χ2v) is 7.98. The average Bonchev–Trinajstić information content (AvgIpc) is 3.05. The van der Waals surface area contributed by atoms with E-state index < -0.39 is 17.7 Å². The van der Waals surface area contributed by atoms with E-state index in [1.165, 1.54) is 12.0 Å². The number of rotatable bonds is 5. The molecule has 0 spiro atoms. The van der Waals surface area contributed by atoms with Gasteiger partial charge in [-0.15, -0.1) is 0 Å². The maximum absolute atomic E-state index is 13.1. The number of aromatic nitrogens is 1. The Bertz CT molecular complexity index is 1160. The van der Waals surface area contributed by atoms with Gasteiger partial charge in [-0.3, -0.25) is 14.6 Å². The highest BCUT2D eigenvalue weighted by atomic mass is 79.9. The van der Waals surface area contributed by atoms with Crippen molar-refractivity contribution in [3.63, 3.8) is 0 Å². The monoisotopic (exact) mass is 478 g/mol. The number of pyridine rings is 1. The fourth-order valence-electron chi connectivity index (χ4n) is 3.65. The molecule has 7 heteroatoms. The molecule has 0 saturated carbocycles. The van der Waals surface area contributed by atoms with Crippen LogP contribution in [0.4, 0.5) is 0 Å². The number of Topliss-reactive ketones (excluding diaryl/α,β-unsaturated/α-hetero) is 1. The molecule has 4 rings (SSSR count). The van der Waals surface area contributed by atoms with E-state index in [0.29, 0.717) is 11.3 Å². The van der Waals surface area contributed by atoms with Crippen LogP contribution in [0.5, 0.6) is 5.75 Å². The minimum absolute atomic E-state index is 0.0506. The summed E-state index contributed by atoms with van der Waals surface area (Å²) in [4.78, 5) is 31.6. The van der Waals surface area contributed by atoms with E-state index in [0.717, 1.165) is 15.6 Å². The van der Waals surface area contributed by atoms with Crippen LogP contribution in [-0.4, -0.2) is 33.8 Å². The van der Waals surface area contributed by atoms with E-state index in [2.05, 4.69) is 20.9 Å². The molecule has 0 radical (unpaired) electrons. The molecule has 1 aliphatic rings. The van der Waals surface area contributed by atoms with Crippen LogP contribution in [0.2, 0.25) is 0 Å². The molecule has 2 aromatic carbocycles. The zero-order valence-electron chi connectivity index (χ0n) is 16.7. The number of hydrogen-bond acceptors (Lipinski definition) is 5. The average molecular weight is 479 g/mol. The summed E-state index contributed by atoms with van der Waals surface area (Å²) < 4.78 is 6.10. The number of benzene rings is 2. The highest BCUT2D eigenvalue weighted by molar-refractivity contribution is 9.10. The minimum Gasteiger partial charge on any atom is -0.507 e. The lowest BCUT2D eigenvalue weighted by Crippen LogP contribution is -2.29. The van der Waals surface area contributed by atoms with E-state index in [-0.39, 0.29) is 17.9 Å². The molecule has 31 heavy (non-hydrogen) atoms. The number of amides is 1. The first kappa shape index (κ1) is 20.8. The number of ether oxygens (including phenoxy) is 1. The van der Waals surface area contributed by atoms with Gasteiger partial charge in [0.2, 0.25) is 0 Å². The van der Waals surface area contributed by atoms with Crippen molar-refractivity contribution in [1.29, 1.82) is 0 Å². The summed E-state index contributed by atoms with van der Waals surface area (Å²) in [6, 6.07) is 17.0. The lowest BCUT2D eigenvalue weighted by Gasteiger charge is -2.25. The van der Waals surface area contributed by atoms with Crippen LogP contribution in [0.25, 0.3) is 5.76 Å². The largest absolute Gasteiger partial charge is 0.507 e. The van der Waals surface area contributed by atoms with Gasteiger partial charge in [0, 0.05) is 29.0 Å². The molecule has 1 saturated heterocycles. The molecule has 1 N–H and O–H groups in total. The molecule has 1 aromatic heterocycles. The second-order valence-electron chi connectivity index (χ2n) is 7.07. The fourth-order valence-corrected chi connectivity index (χ4v) is 3.91. The Morgan fingerprint density at radius 3 is 2.48 bits per heavy atom. The summed E-state index contributed by atoms with van der Waals surface area (Å²) in [7, 11) is 1.52. The maximum atomic E-state index is 13.1. The second kappa shape index (κ2) is 8.73. The predicted molar refractivity (Wildman–Crippen MR) is 119 cm³/mol. The van der Waals surface area contributed by atoms with Gasteiger partial charge in [-0.1, -0.05) is 40.2 Å². The lowest BCUT2D eigenvalue weighted by molar-refractivity contribution is -0.140. The molecule has 156 valence electrons. The summed E-state index contributed by atoms with van der Waals surface area (Å²) in [5.41, 5.74) is 2.01. The highest BCUT2D eigenvalue weighted by Crippen LogP contribution is 2.40. The van der Waals surface area contributed by atoms with Gasteiger partial charge in [0.15, 0.2) is 0 Å². The van der Waals surface area contributed by atoms with Crippen LogP contribution in [0.1, 0.15) is 22.7 Å². The van der Waals surface area contributed by atoms with Crippen molar-refractivity contribution in [2.45, 2.75) is 12.6 Å². The predicted octanol–water partition coefficient (Wildman–Crippen LogP) is 4.47. The molecule has 1 unspecified atom stereocenters. The molecular formula is C24H19BrN2O4. The van der Waals surface area contributed by atoms with Gasteiger partial charge in [0.05, 0.1) is 18.7 Å². The highest BCUT2D eigenvalue weighted by Gasteiger charge is 2.46. The van der Waals surface area contributed by atoms with E-state index in [1.807, 2.05) is 24.3 Å². The zero-order chi connectivity index (χ0) is 22.0. The number of aliphatic hydroxyl groups is 1. The van der Waals surface area contributed by atoms with E-state index in [4.69, 9.17) is 4.74 Å². The third-order valence-corrected chi connectivity index (χ3v) is 5.70. The molecular weight excluding hydrogens is 460 g/mol. The molecule has 1 fully saturated rings. The number of carbonyl (C=O) groups excluding carboxylic acids is 2. The molecule has 0 bridgehead atoms. The van der Waals surface area contributed by atoms with Crippen LogP contribution < -0.4 is 4.74 Å². The van der Waals surface area contributed by atoms with E-state index in [1.54, 1.807) is 48.8 Å². The van der Waals surface area contributed by atoms with Crippen molar-refractivity contribution >= 4 is 33.4 Å². The summed E-state index contributed by atoms with van der Waals surface area (Å²) in [6.07, 6.45) is 3.27. The Balaban J connectivity index is 1.86. The minimum atomic E-state index is -0.729. The first-order valence-electron chi connectivity index (χ1n) is 9.57. The van der Waals surface area contributed by atoms with Crippen molar-refractivity contribution in [2.24, 2.45) is 0 Å². The number of halogens is 1. The molecule has 3 aromatic rings. The van der Waals surface area contributed by atoms with E-state index in [9.17, 15) is 14.7 Å². The van der Waals surface area contributed by atoms with Crippen molar-refractivity contribution in [3.8, 4) is 5.75 Å². The SMILES string of the molecule is COc1cccc(/C(O)=C2\C(=O)C(=O)N(Cc3ccncc3)C2c2ccc(Br)cc2)c1. The molecule has 1 aliphatic heterocycles. The quantitative estimate of drug-likeness (QED) is 0.332. The molecule has 1 amide bonds. The van der Waals surface area contributed by atoms with Crippen LogP contribution >= 0.6 is 15.9 Å². The van der Waals surface area contributed by atoms with Gasteiger partial charge < -0.3 is 14.7 Å². The Kier molecular flexibility index (Phi) is 5.86. The first-order valence-corrected chi connectivity index (χ1v) is 10.4. The van der Waals surface area contributed by atoms with Gasteiger partial charge in [-0.2, -0.15) is 0 Å². The summed E-state index contributed by atoms with van der Waals surface area (Å²) in [6.45, 7) is 0.211. The number of nitrogens with zero attached hydrogens (tertiary/aromatic N) is 2. The number of ketones is 1. The molecule has 6 nitrogen and oxygen atoms in total. The third kappa shape index (κ3) is 4.09. The van der Waals surface area contributed by atoms with Crippen LogP contribution in [0.3, 0.4) is 0 Å². The van der Waals surface area contributed by atoms with Gasteiger partial charge in [-0.05, 0) is 47.5 Å². The number of carbonyl (C=O) groups is 2. The van der Waals surface area contributed by atoms with Gasteiger partial charge in [-0.25, -0.2) is 0 Å². The maximum Gasteiger partial charge on any atom is 0.295 e. The lowest BCUT2D eigenvalue weighted by atomic mass is 9.95. The van der Waals surface area contributed by atoms with Crippen molar-refractivity contribution < 1.29 is 19.4 Å². The van der Waals surface area contributed by atoms with Crippen LogP contribution in [-0.2, 0) is 16.1 Å². The number of hydrogen-bond donors (Lipinski definition) is 1. The number of methoxy groups -OCH3 is 1. The zero-order valence-corrected chi connectivity index (χ0v) is 18.2. The Morgan fingerprint density at radius 2 is 1.81 bits per heavy atom. The molecule has 0 aliphatic carbocycles. The smallest absolute Gasteiger partial charge is 0.295 e. The summed E-state index contributed by atoms with van der Waals surface area (Å²) in [5, 5.41) is 11.1. The van der Waals surface area contributed by atoms with E-state index >= 15 is 0 Å². The Hall–Kier alpha value is -3.45. The Labute approximate surface area is 187 Å². The van der Waals surface area contributed by atoms with Crippen LogP contribution in [0, 0.1) is 0 Å². The number of aliphatic hydroxyl groups excluding tert-OH is 1. The fraction of sp³-hybridized carbons (Fsp3) is 0.125. The van der Waals surface area contributed by atoms with Crippen LogP contribution in [0.15, 0.2) is 83.1 Å². The van der Waals surface area contributed by atoms with Crippen molar-refractivity contribution in [1.82, 2.24) is 9.88 Å². The summed E-state index contributed by atoms with van der Waals surface area (Å²) >= 11 is 3.41. The topological polar surface area (TPSA) is 79.7 Å². The molecule has 2 heterocycles. The molecule has 1 atom stereocenters. The van der Waals surface area contributed by atoms with Gasteiger partial charge in [0.25, 0.3) is 11.7 Å². The Morgan fingerprint density at radius 1 is 1.10 bits per heavy atom. The normalized spacial score (nSPS) is 17.7. The number of likely N-dealkylation sites (tertiary alicyclic amines) is 1. The van der Waals surface area contributed by atoms with Crippen molar-refractivity contribution in [2.75, 3.05) is 7.11 Å². The third-order valence-electron chi connectivity index (χ3n) is 5.17. The van der Waals surface area contributed by atoms with Gasteiger partial charge in [0.1, 0.15) is 11.5 Å². The first-order chi connectivity index (χ1) is 15.0. The van der Waals surface area contributed by atoms with Crippen molar-refractivity contribution in [3.05, 3.63) is 99.8 Å². The standard InChI is InChI=1S/C24H19BrN2O4/c1-31-19-4-2-3-17(13-19)22(28)20-21(16-5-7-18(25)8-6-16)27(24(30)23(20)29)14-15-9-11-26-12-10-15/h2-13,21,28H,14H2,1H3/b22-20+.